The molecule has 0 amide bonds. The third-order valence-electron chi connectivity index (χ3n) is 4.92. The molecule has 1 aromatic heterocycles. The highest BCUT2D eigenvalue weighted by atomic mass is 35.5. The molecule has 0 N–H and O–H groups in total. The maximum atomic E-state index is 12.0. The average Bonchev–Trinajstić information content (AvgIpc) is 3.13. The number of hydrogen-bond donors (Lipinski definition) is 0. The Labute approximate surface area is 167 Å². The van der Waals surface area contributed by atoms with E-state index in [0.29, 0.717) is 27.9 Å². The van der Waals surface area contributed by atoms with Crippen molar-refractivity contribution in [3.8, 4) is 17.2 Å². The lowest BCUT2D eigenvalue weighted by Gasteiger charge is -2.13. The largest absolute Gasteiger partial charge is 0.488 e. The standard InChI is InChI=1S/C22H21ClO5/c1-3-4-5-14-9-21(24)28-22-13(2)18(7-6-16(14)22)25-11-15-8-19-20(10-17(15)23)27-12-26-19/h6-10H,3-5,11-12H2,1-2H3. The molecule has 0 bridgehead atoms. The first-order valence-corrected chi connectivity index (χ1v) is 9.71. The quantitative estimate of drug-likeness (QED) is 0.518. The second kappa shape index (κ2) is 7.76. The van der Waals surface area contributed by atoms with Gasteiger partial charge in [-0.05, 0) is 43.5 Å². The van der Waals surface area contributed by atoms with E-state index in [2.05, 4.69) is 6.92 Å². The fourth-order valence-corrected chi connectivity index (χ4v) is 3.57. The van der Waals surface area contributed by atoms with Crippen molar-refractivity contribution >= 4 is 22.6 Å². The van der Waals surface area contributed by atoms with Gasteiger partial charge in [0.1, 0.15) is 17.9 Å². The van der Waals surface area contributed by atoms with E-state index in [-0.39, 0.29) is 19.0 Å². The Morgan fingerprint density at radius 3 is 2.68 bits per heavy atom. The number of unbranched alkanes of at least 4 members (excludes halogenated alkanes) is 1. The second-order valence-electron chi connectivity index (χ2n) is 6.85. The van der Waals surface area contributed by atoms with E-state index in [1.54, 1.807) is 12.1 Å². The number of halogens is 1. The molecule has 3 aromatic rings. The molecule has 5 nitrogen and oxygen atoms in total. The zero-order valence-electron chi connectivity index (χ0n) is 15.8. The lowest BCUT2D eigenvalue weighted by Crippen LogP contribution is -2.03. The number of ether oxygens (including phenoxy) is 3. The van der Waals surface area contributed by atoms with Crippen LogP contribution in [0.1, 0.15) is 36.5 Å². The molecule has 6 heteroatoms. The molecular formula is C22H21ClO5. The first-order chi connectivity index (χ1) is 13.6. The minimum Gasteiger partial charge on any atom is -0.488 e. The number of hydrogen-bond acceptors (Lipinski definition) is 5. The van der Waals surface area contributed by atoms with Gasteiger partial charge in [-0.1, -0.05) is 24.9 Å². The summed E-state index contributed by atoms with van der Waals surface area (Å²) in [6.45, 7) is 4.48. The summed E-state index contributed by atoms with van der Waals surface area (Å²) in [5, 5.41) is 1.51. The Morgan fingerprint density at radius 2 is 1.89 bits per heavy atom. The first-order valence-electron chi connectivity index (χ1n) is 9.34. The lowest BCUT2D eigenvalue weighted by molar-refractivity contribution is 0.174. The molecule has 28 heavy (non-hydrogen) atoms. The summed E-state index contributed by atoms with van der Waals surface area (Å²) in [7, 11) is 0. The van der Waals surface area contributed by atoms with Gasteiger partial charge < -0.3 is 18.6 Å². The van der Waals surface area contributed by atoms with Crippen molar-refractivity contribution in [2.24, 2.45) is 0 Å². The molecule has 4 rings (SSSR count). The summed E-state index contributed by atoms with van der Waals surface area (Å²) >= 11 is 6.32. The molecule has 2 aromatic carbocycles. The molecular weight excluding hydrogens is 380 g/mol. The molecule has 146 valence electrons. The Hall–Kier alpha value is -2.66. The van der Waals surface area contributed by atoms with Gasteiger partial charge in [0, 0.05) is 28.6 Å². The van der Waals surface area contributed by atoms with Gasteiger partial charge in [-0.3, -0.25) is 0 Å². The van der Waals surface area contributed by atoms with Crippen LogP contribution in [0.2, 0.25) is 5.02 Å². The molecule has 0 aliphatic carbocycles. The smallest absolute Gasteiger partial charge is 0.336 e. The topological polar surface area (TPSA) is 57.9 Å². The zero-order chi connectivity index (χ0) is 19.7. The fourth-order valence-electron chi connectivity index (χ4n) is 3.36. The molecule has 0 radical (unpaired) electrons. The molecule has 0 saturated carbocycles. The molecule has 1 aliphatic rings. The molecule has 0 saturated heterocycles. The van der Waals surface area contributed by atoms with Crippen molar-refractivity contribution in [1.82, 2.24) is 0 Å². The van der Waals surface area contributed by atoms with E-state index in [1.807, 2.05) is 25.1 Å². The maximum Gasteiger partial charge on any atom is 0.336 e. The number of benzene rings is 2. The monoisotopic (exact) mass is 400 g/mol. The van der Waals surface area contributed by atoms with E-state index >= 15 is 0 Å². The fraction of sp³-hybridized carbons (Fsp3) is 0.318. The van der Waals surface area contributed by atoms with Gasteiger partial charge in [-0.2, -0.15) is 0 Å². The SMILES string of the molecule is CCCCc1cc(=O)oc2c(C)c(OCc3cc4c(cc3Cl)OCO4)ccc12. The van der Waals surface area contributed by atoms with Gasteiger partial charge in [-0.25, -0.2) is 4.79 Å². The van der Waals surface area contributed by atoms with Gasteiger partial charge in [0.05, 0.1) is 5.02 Å². The van der Waals surface area contributed by atoms with Crippen molar-refractivity contribution in [1.29, 1.82) is 0 Å². The predicted molar refractivity (Wildman–Crippen MR) is 108 cm³/mol. The highest BCUT2D eigenvalue weighted by molar-refractivity contribution is 6.31. The molecule has 0 fully saturated rings. The Balaban J connectivity index is 1.63. The Bertz CT molecular complexity index is 1090. The molecule has 1 aliphatic heterocycles. The van der Waals surface area contributed by atoms with Crippen LogP contribution < -0.4 is 19.8 Å². The van der Waals surface area contributed by atoms with Crippen molar-refractivity contribution in [3.05, 3.63) is 62.5 Å². The summed E-state index contributed by atoms with van der Waals surface area (Å²) in [4.78, 5) is 12.0. The van der Waals surface area contributed by atoms with Gasteiger partial charge in [-0.15, -0.1) is 0 Å². The third-order valence-corrected chi connectivity index (χ3v) is 5.27. The first kappa shape index (κ1) is 18.7. The predicted octanol–water partition coefficient (Wildman–Crippen LogP) is 5.41. The van der Waals surface area contributed by atoms with Gasteiger partial charge in [0.15, 0.2) is 11.5 Å². The van der Waals surface area contributed by atoms with Crippen LogP contribution in [-0.4, -0.2) is 6.79 Å². The van der Waals surface area contributed by atoms with Crippen LogP contribution in [0.15, 0.2) is 39.5 Å². The summed E-state index contributed by atoms with van der Waals surface area (Å²) in [6.07, 6.45) is 2.95. The van der Waals surface area contributed by atoms with E-state index < -0.39 is 0 Å². The van der Waals surface area contributed by atoms with Crippen LogP contribution in [-0.2, 0) is 13.0 Å². The number of rotatable bonds is 6. The number of aryl methyl sites for hydroxylation is 2. The Kier molecular flexibility index (Phi) is 5.18. The summed E-state index contributed by atoms with van der Waals surface area (Å²) < 4.78 is 22.2. The number of fused-ring (bicyclic) bond motifs is 2. The van der Waals surface area contributed by atoms with E-state index in [0.717, 1.165) is 41.3 Å². The maximum absolute atomic E-state index is 12.0. The average molecular weight is 401 g/mol. The Morgan fingerprint density at radius 1 is 1.11 bits per heavy atom. The molecule has 2 heterocycles. The van der Waals surface area contributed by atoms with Crippen LogP contribution in [0.4, 0.5) is 0 Å². The van der Waals surface area contributed by atoms with Crippen LogP contribution in [0.3, 0.4) is 0 Å². The molecule has 0 spiro atoms. The second-order valence-corrected chi connectivity index (χ2v) is 7.25. The summed E-state index contributed by atoms with van der Waals surface area (Å²) in [5.41, 5.74) is 2.85. The summed E-state index contributed by atoms with van der Waals surface area (Å²) in [5.74, 6) is 1.94. The molecule has 0 unspecified atom stereocenters. The lowest BCUT2D eigenvalue weighted by atomic mass is 10.0. The zero-order valence-corrected chi connectivity index (χ0v) is 16.6. The highest BCUT2D eigenvalue weighted by Gasteiger charge is 2.17. The van der Waals surface area contributed by atoms with Crippen molar-refractivity contribution in [3.63, 3.8) is 0 Å². The molecule has 0 atom stereocenters. The van der Waals surface area contributed by atoms with E-state index in [9.17, 15) is 4.79 Å². The van der Waals surface area contributed by atoms with Gasteiger partial charge in [0.25, 0.3) is 0 Å². The van der Waals surface area contributed by atoms with Crippen molar-refractivity contribution in [2.75, 3.05) is 6.79 Å². The normalized spacial score (nSPS) is 12.5. The van der Waals surface area contributed by atoms with Crippen LogP contribution in [0.25, 0.3) is 11.0 Å². The van der Waals surface area contributed by atoms with E-state index in [1.165, 1.54) is 0 Å². The van der Waals surface area contributed by atoms with E-state index in [4.69, 9.17) is 30.2 Å². The van der Waals surface area contributed by atoms with Crippen molar-refractivity contribution < 1.29 is 18.6 Å². The third kappa shape index (κ3) is 3.54. The van der Waals surface area contributed by atoms with Crippen LogP contribution in [0.5, 0.6) is 17.2 Å². The summed E-state index contributed by atoms with van der Waals surface area (Å²) in [6, 6.07) is 9.00. The van der Waals surface area contributed by atoms with Crippen LogP contribution >= 0.6 is 11.6 Å². The van der Waals surface area contributed by atoms with Gasteiger partial charge in [0.2, 0.25) is 6.79 Å². The van der Waals surface area contributed by atoms with Crippen LogP contribution in [0, 0.1) is 6.92 Å². The van der Waals surface area contributed by atoms with Gasteiger partial charge >= 0.3 is 5.63 Å². The highest BCUT2D eigenvalue weighted by Crippen LogP contribution is 2.37. The van der Waals surface area contributed by atoms with Crippen molar-refractivity contribution in [2.45, 2.75) is 39.7 Å². The minimum absolute atomic E-state index is 0.194. The minimum atomic E-state index is -0.335.